The van der Waals surface area contributed by atoms with Crippen molar-refractivity contribution in [1.82, 2.24) is 10.2 Å². The standard InChI is InChI=1S/C17H26N2O.ClH/c1-13(2)16-6-4-14(5-7-16)12-19(3)17(20)10-15-8-9-18-11-15;/h4-7,13,15,18H,8-12H2,1-3H3;1H. The van der Waals surface area contributed by atoms with Crippen molar-refractivity contribution in [3.05, 3.63) is 35.4 Å². The number of hydrogen-bond acceptors (Lipinski definition) is 2. The van der Waals surface area contributed by atoms with Gasteiger partial charge in [0, 0.05) is 20.0 Å². The fraction of sp³-hybridized carbons (Fsp3) is 0.588. The first-order valence-corrected chi connectivity index (χ1v) is 7.59. The lowest BCUT2D eigenvalue weighted by atomic mass is 10.0. The lowest BCUT2D eigenvalue weighted by Crippen LogP contribution is -2.28. The molecule has 21 heavy (non-hydrogen) atoms. The number of nitrogens with zero attached hydrogens (tertiary/aromatic N) is 1. The van der Waals surface area contributed by atoms with Crippen LogP contribution in [0.4, 0.5) is 0 Å². The normalized spacial score (nSPS) is 17.6. The minimum atomic E-state index is 0. The molecular formula is C17H27ClN2O. The second-order valence-corrected chi connectivity index (χ2v) is 6.21. The summed E-state index contributed by atoms with van der Waals surface area (Å²) in [6.07, 6.45) is 1.80. The molecule has 1 aromatic carbocycles. The number of carbonyl (C=O) groups is 1. The molecule has 1 amide bonds. The molecule has 1 aliphatic heterocycles. The average molecular weight is 311 g/mol. The Morgan fingerprint density at radius 2 is 2.00 bits per heavy atom. The Kier molecular flexibility index (Phi) is 7.20. The molecule has 118 valence electrons. The molecule has 0 radical (unpaired) electrons. The van der Waals surface area contributed by atoms with Crippen LogP contribution in [0.3, 0.4) is 0 Å². The van der Waals surface area contributed by atoms with Gasteiger partial charge in [-0.25, -0.2) is 0 Å². The summed E-state index contributed by atoms with van der Waals surface area (Å²) in [4.78, 5) is 14.0. The van der Waals surface area contributed by atoms with Gasteiger partial charge in [0.15, 0.2) is 0 Å². The maximum atomic E-state index is 12.2. The topological polar surface area (TPSA) is 32.3 Å². The molecule has 1 unspecified atom stereocenters. The first-order valence-electron chi connectivity index (χ1n) is 7.59. The summed E-state index contributed by atoms with van der Waals surface area (Å²) < 4.78 is 0. The summed E-state index contributed by atoms with van der Waals surface area (Å²) in [5, 5.41) is 3.31. The van der Waals surface area contributed by atoms with Crippen LogP contribution in [0, 0.1) is 5.92 Å². The molecular weight excluding hydrogens is 284 g/mol. The lowest BCUT2D eigenvalue weighted by molar-refractivity contribution is -0.131. The number of hydrogen-bond donors (Lipinski definition) is 1. The van der Waals surface area contributed by atoms with Gasteiger partial charge in [0.1, 0.15) is 0 Å². The first-order chi connectivity index (χ1) is 9.56. The maximum Gasteiger partial charge on any atom is 0.222 e. The number of nitrogens with one attached hydrogen (secondary N) is 1. The molecule has 4 heteroatoms. The van der Waals surface area contributed by atoms with Crippen molar-refractivity contribution >= 4 is 18.3 Å². The number of carbonyl (C=O) groups excluding carboxylic acids is 1. The van der Waals surface area contributed by atoms with Gasteiger partial charge < -0.3 is 10.2 Å². The van der Waals surface area contributed by atoms with Gasteiger partial charge >= 0.3 is 0 Å². The van der Waals surface area contributed by atoms with Crippen LogP contribution in [-0.4, -0.2) is 30.9 Å². The van der Waals surface area contributed by atoms with E-state index in [0.717, 1.165) is 19.5 Å². The minimum Gasteiger partial charge on any atom is -0.341 e. The van der Waals surface area contributed by atoms with Crippen LogP contribution in [0.1, 0.15) is 43.7 Å². The van der Waals surface area contributed by atoms with Crippen LogP contribution in [0.15, 0.2) is 24.3 Å². The summed E-state index contributed by atoms with van der Waals surface area (Å²) in [5.74, 6) is 1.33. The summed E-state index contributed by atoms with van der Waals surface area (Å²) >= 11 is 0. The van der Waals surface area contributed by atoms with E-state index in [4.69, 9.17) is 0 Å². The largest absolute Gasteiger partial charge is 0.341 e. The molecule has 1 atom stereocenters. The molecule has 1 heterocycles. The van der Waals surface area contributed by atoms with Gasteiger partial charge in [0.05, 0.1) is 0 Å². The molecule has 1 fully saturated rings. The third-order valence-corrected chi connectivity index (χ3v) is 4.12. The number of halogens is 1. The van der Waals surface area contributed by atoms with Gasteiger partial charge in [-0.05, 0) is 42.5 Å². The van der Waals surface area contributed by atoms with Crippen molar-refractivity contribution in [3.63, 3.8) is 0 Å². The van der Waals surface area contributed by atoms with E-state index in [-0.39, 0.29) is 18.3 Å². The van der Waals surface area contributed by atoms with Crippen molar-refractivity contribution in [2.75, 3.05) is 20.1 Å². The number of rotatable bonds is 5. The third kappa shape index (κ3) is 5.33. The zero-order chi connectivity index (χ0) is 14.5. The third-order valence-electron chi connectivity index (χ3n) is 4.12. The Labute approximate surface area is 134 Å². The Morgan fingerprint density at radius 3 is 2.52 bits per heavy atom. The molecule has 0 aromatic heterocycles. The molecule has 3 nitrogen and oxygen atoms in total. The molecule has 0 bridgehead atoms. The second-order valence-electron chi connectivity index (χ2n) is 6.21. The van der Waals surface area contributed by atoms with E-state index in [2.05, 4.69) is 43.4 Å². The van der Waals surface area contributed by atoms with E-state index in [9.17, 15) is 4.79 Å². The number of benzene rings is 1. The summed E-state index contributed by atoms with van der Waals surface area (Å²) in [6, 6.07) is 8.60. The van der Waals surface area contributed by atoms with Gasteiger partial charge in [-0.1, -0.05) is 38.1 Å². The Bertz CT molecular complexity index is 439. The Morgan fingerprint density at radius 1 is 1.33 bits per heavy atom. The predicted octanol–water partition coefficient (Wildman–Crippen LogP) is 3.19. The zero-order valence-corrected chi connectivity index (χ0v) is 14.1. The average Bonchev–Trinajstić information content (AvgIpc) is 2.92. The van der Waals surface area contributed by atoms with Crippen molar-refractivity contribution in [3.8, 4) is 0 Å². The monoisotopic (exact) mass is 310 g/mol. The van der Waals surface area contributed by atoms with Crippen LogP contribution in [0.2, 0.25) is 0 Å². The molecule has 1 aromatic rings. The first kappa shape index (κ1) is 18.0. The van der Waals surface area contributed by atoms with Crippen LogP contribution < -0.4 is 5.32 Å². The van der Waals surface area contributed by atoms with E-state index in [1.54, 1.807) is 0 Å². The minimum absolute atomic E-state index is 0. The summed E-state index contributed by atoms with van der Waals surface area (Å²) in [7, 11) is 1.90. The summed E-state index contributed by atoms with van der Waals surface area (Å²) in [6.45, 7) is 7.14. The molecule has 1 N–H and O–H groups in total. The highest BCUT2D eigenvalue weighted by atomic mass is 35.5. The quantitative estimate of drug-likeness (QED) is 0.906. The maximum absolute atomic E-state index is 12.2. The molecule has 1 saturated heterocycles. The highest BCUT2D eigenvalue weighted by Crippen LogP contribution is 2.17. The van der Waals surface area contributed by atoms with E-state index >= 15 is 0 Å². The van der Waals surface area contributed by atoms with E-state index < -0.39 is 0 Å². The Balaban J connectivity index is 0.00000220. The van der Waals surface area contributed by atoms with Crippen molar-refractivity contribution < 1.29 is 4.79 Å². The fourth-order valence-electron chi connectivity index (χ4n) is 2.66. The summed E-state index contributed by atoms with van der Waals surface area (Å²) in [5.41, 5.74) is 2.55. The predicted molar refractivity (Wildman–Crippen MR) is 89.8 cm³/mol. The molecule has 0 spiro atoms. The highest BCUT2D eigenvalue weighted by Gasteiger charge is 2.20. The van der Waals surface area contributed by atoms with E-state index in [0.29, 0.717) is 24.8 Å². The van der Waals surface area contributed by atoms with Crippen LogP contribution in [0.25, 0.3) is 0 Å². The van der Waals surface area contributed by atoms with Gasteiger partial charge in [-0.3, -0.25) is 4.79 Å². The van der Waals surface area contributed by atoms with Crippen molar-refractivity contribution in [2.24, 2.45) is 5.92 Å². The van der Waals surface area contributed by atoms with Crippen molar-refractivity contribution in [1.29, 1.82) is 0 Å². The SMILES string of the molecule is CC(C)c1ccc(CN(C)C(=O)CC2CCNC2)cc1.Cl. The lowest BCUT2D eigenvalue weighted by Gasteiger charge is -2.19. The highest BCUT2D eigenvalue weighted by molar-refractivity contribution is 5.85. The molecule has 0 saturated carbocycles. The van der Waals surface area contributed by atoms with Crippen LogP contribution in [0.5, 0.6) is 0 Å². The van der Waals surface area contributed by atoms with Crippen LogP contribution >= 0.6 is 12.4 Å². The van der Waals surface area contributed by atoms with Gasteiger partial charge in [-0.2, -0.15) is 0 Å². The molecule has 1 aliphatic rings. The Hall–Kier alpha value is -1.06. The number of amides is 1. The zero-order valence-electron chi connectivity index (χ0n) is 13.3. The van der Waals surface area contributed by atoms with Crippen LogP contribution in [-0.2, 0) is 11.3 Å². The molecule has 2 rings (SSSR count). The van der Waals surface area contributed by atoms with Gasteiger partial charge in [-0.15, -0.1) is 12.4 Å². The molecule has 0 aliphatic carbocycles. The smallest absolute Gasteiger partial charge is 0.222 e. The fourth-order valence-corrected chi connectivity index (χ4v) is 2.66. The van der Waals surface area contributed by atoms with Gasteiger partial charge in [0.25, 0.3) is 0 Å². The van der Waals surface area contributed by atoms with Gasteiger partial charge in [0.2, 0.25) is 5.91 Å². The second kappa shape index (κ2) is 8.40. The van der Waals surface area contributed by atoms with E-state index in [1.807, 2.05) is 11.9 Å². The van der Waals surface area contributed by atoms with E-state index in [1.165, 1.54) is 11.1 Å². The van der Waals surface area contributed by atoms with Crippen molar-refractivity contribution in [2.45, 2.75) is 39.2 Å².